The average Bonchev–Trinajstić information content (AvgIpc) is 1.88. The van der Waals surface area contributed by atoms with Crippen LogP contribution in [-0.4, -0.2) is 5.78 Å². The molecule has 0 amide bonds. The lowest BCUT2D eigenvalue weighted by atomic mass is 10.1. The largest absolute Gasteiger partial charge is 0.300 e. The molecular weight excluding hydrogens is 124 g/mol. The van der Waals surface area contributed by atoms with E-state index in [1.54, 1.807) is 6.92 Å². The molecule has 0 aromatic rings. The Balaban J connectivity index is 0. The van der Waals surface area contributed by atoms with Crippen molar-refractivity contribution in [3.63, 3.8) is 0 Å². The number of rotatable bonds is 2. The average molecular weight is 144 g/mol. The SMILES string of the molecule is CCC.CCC(C)C(C)=O. The van der Waals surface area contributed by atoms with Gasteiger partial charge in [0, 0.05) is 5.92 Å². The van der Waals surface area contributed by atoms with Crippen molar-refractivity contribution >= 4 is 5.78 Å². The lowest BCUT2D eigenvalue weighted by molar-refractivity contribution is -0.120. The highest BCUT2D eigenvalue weighted by atomic mass is 16.1. The van der Waals surface area contributed by atoms with Crippen LogP contribution < -0.4 is 0 Å². The Morgan fingerprint density at radius 1 is 1.30 bits per heavy atom. The normalized spacial score (nSPS) is 11.3. The van der Waals surface area contributed by atoms with Gasteiger partial charge in [0.1, 0.15) is 5.78 Å². The number of hydrogen-bond donors (Lipinski definition) is 0. The van der Waals surface area contributed by atoms with E-state index in [1.807, 2.05) is 13.8 Å². The van der Waals surface area contributed by atoms with Crippen molar-refractivity contribution in [3.8, 4) is 0 Å². The minimum Gasteiger partial charge on any atom is -0.300 e. The molecular formula is C9H20O. The zero-order valence-corrected chi connectivity index (χ0v) is 7.90. The Hall–Kier alpha value is -0.330. The third-order valence-corrected chi connectivity index (χ3v) is 1.31. The van der Waals surface area contributed by atoms with E-state index in [0.717, 1.165) is 6.42 Å². The van der Waals surface area contributed by atoms with Crippen molar-refractivity contribution in [2.24, 2.45) is 5.92 Å². The first kappa shape index (κ1) is 12.4. The summed E-state index contributed by atoms with van der Waals surface area (Å²) >= 11 is 0. The van der Waals surface area contributed by atoms with Crippen LogP contribution in [0.2, 0.25) is 0 Å². The van der Waals surface area contributed by atoms with Crippen molar-refractivity contribution in [1.82, 2.24) is 0 Å². The molecule has 0 aliphatic carbocycles. The monoisotopic (exact) mass is 144 g/mol. The van der Waals surface area contributed by atoms with Gasteiger partial charge in [0.2, 0.25) is 0 Å². The Morgan fingerprint density at radius 2 is 1.60 bits per heavy atom. The number of carbonyl (C=O) groups is 1. The molecule has 1 nitrogen and oxygen atoms in total. The number of carbonyl (C=O) groups excluding carboxylic acids is 1. The molecule has 0 aliphatic rings. The van der Waals surface area contributed by atoms with Crippen LogP contribution in [0.3, 0.4) is 0 Å². The molecule has 0 radical (unpaired) electrons. The molecule has 1 heteroatoms. The van der Waals surface area contributed by atoms with Crippen LogP contribution in [0, 0.1) is 5.92 Å². The van der Waals surface area contributed by atoms with E-state index in [1.165, 1.54) is 6.42 Å². The van der Waals surface area contributed by atoms with Gasteiger partial charge >= 0.3 is 0 Å². The van der Waals surface area contributed by atoms with Crippen molar-refractivity contribution in [2.75, 3.05) is 0 Å². The van der Waals surface area contributed by atoms with E-state index < -0.39 is 0 Å². The molecule has 0 saturated carbocycles. The van der Waals surface area contributed by atoms with Crippen LogP contribution in [0.25, 0.3) is 0 Å². The molecule has 0 spiro atoms. The van der Waals surface area contributed by atoms with E-state index >= 15 is 0 Å². The van der Waals surface area contributed by atoms with Crippen molar-refractivity contribution in [3.05, 3.63) is 0 Å². The van der Waals surface area contributed by atoms with E-state index in [9.17, 15) is 4.79 Å². The number of ketones is 1. The van der Waals surface area contributed by atoms with Crippen LogP contribution >= 0.6 is 0 Å². The van der Waals surface area contributed by atoms with Gasteiger partial charge in [-0.3, -0.25) is 4.79 Å². The van der Waals surface area contributed by atoms with Gasteiger partial charge in [-0.25, -0.2) is 0 Å². The molecule has 0 N–H and O–H groups in total. The Morgan fingerprint density at radius 3 is 1.60 bits per heavy atom. The molecule has 0 bridgehead atoms. The molecule has 0 aromatic heterocycles. The standard InChI is InChI=1S/C6H12O.C3H8/c1-4-5(2)6(3)7;1-3-2/h5H,4H2,1-3H3;3H2,1-2H3. The van der Waals surface area contributed by atoms with Gasteiger partial charge in [-0.05, 0) is 13.3 Å². The summed E-state index contributed by atoms with van der Waals surface area (Å²) < 4.78 is 0. The summed E-state index contributed by atoms with van der Waals surface area (Å²) in [4.78, 5) is 10.4. The molecule has 10 heavy (non-hydrogen) atoms. The first-order chi connectivity index (χ1) is 4.59. The van der Waals surface area contributed by atoms with Crippen molar-refractivity contribution in [2.45, 2.75) is 47.5 Å². The number of hydrogen-bond acceptors (Lipinski definition) is 1. The maximum atomic E-state index is 10.4. The van der Waals surface area contributed by atoms with Crippen LogP contribution in [0.15, 0.2) is 0 Å². The van der Waals surface area contributed by atoms with E-state index in [4.69, 9.17) is 0 Å². The molecule has 0 saturated heterocycles. The first-order valence-corrected chi connectivity index (χ1v) is 4.10. The topological polar surface area (TPSA) is 17.1 Å². The Kier molecular flexibility index (Phi) is 10.7. The maximum absolute atomic E-state index is 10.4. The Bertz CT molecular complexity index is 76.8. The predicted molar refractivity (Wildman–Crippen MR) is 46.1 cm³/mol. The summed E-state index contributed by atoms with van der Waals surface area (Å²) in [5, 5.41) is 0. The van der Waals surface area contributed by atoms with Gasteiger partial charge in [0.15, 0.2) is 0 Å². The van der Waals surface area contributed by atoms with E-state index in [0.29, 0.717) is 5.78 Å². The van der Waals surface area contributed by atoms with Gasteiger partial charge in [0.25, 0.3) is 0 Å². The summed E-state index contributed by atoms with van der Waals surface area (Å²) in [6.07, 6.45) is 2.22. The first-order valence-electron chi connectivity index (χ1n) is 4.10. The van der Waals surface area contributed by atoms with E-state index in [-0.39, 0.29) is 5.92 Å². The quantitative estimate of drug-likeness (QED) is 0.582. The maximum Gasteiger partial charge on any atom is 0.132 e. The summed E-state index contributed by atoms with van der Waals surface area (Å²) in [6.45, 7) is 9.85. The van der Waals surface area contributed by atoms with Gasteiger partial charge < -0.3 is 0 Å². The zero-order valence-electron chi connectivity index (χ0n) is 7.90. The van der Waals surface area contributed by atoms with Crippen LogP contribution in [-0.2, 0) is 4.79 Å². The van der Waals surface area contributed by atoms with Crippen LogP contribution in [0.4, 0.5) is 0 Å². The highest BCUT2D eigenvalue weighted by molar-refractivity contribution is 5.77. The predicted octanol–water partition coefficient (Wildman–Crippen LogP) is 3.04. The van der Waals surface area contributed by atoms with Crippen LogP contribution in [0.5, 0.6) is 0 Å². The third kappa shape index (κ3) is 10.6. The minimum atomic E-state index is 0.264. The van der Waals surface area contributed by atoms with Crippen LogP contribution in [0.1, 0.15) is 47.5 Å². The summed E-state index contributed by atoms with van der Waals surface area (Å²) in [5.74, 6) is 0.558. The Labute approximate surface area is 64.8 Å². The van der Waals surface area contributed by atoms with Crippen molar-refractivity contribution < 1.29 is 4.79 Å². The van der Waals surface area contributed by atoms with Gasteiger partial charge in [-0.2, -0.15) is 0 Å². The summed E-state index contributed by atoms with van der Waals surface area (Å²) in [6, 6.07) is 0. The third-order valence-electron chi connectivity index (χ3n) is 1.31. The lowest BCUT2D eigenvalue weighted by Gasteiger charge is -1.98. The molecule has 0 heterocycles. The van der Waals surface area contributed by atoms with E-state index in [2.05, 4.69) is 13.8 Å². The number of Topliss-reactive ketones (excluding diaryl/α,β-unsaturated/α-hetero) is 1. The zero-order chi connectivity index (χ0) is 8.57. The minimum absolute atomic E-state index is 0.264. The molecule has 0 aliphatic heterocycles. The second-order valence-electron chi connectivity index (χ2n) is 2.63. The fraction of sp³-hybridized carbons (Fsp3) is 0.889. The second kappa shape index (κ2) is 8.67. The lowest BCUT2D eigenvalue weighted by Crippen LogP contribution is -2.03. The molecule has 0 aromatic carbocycles. The second-order valence-corrected chi connectivity index (χ2v) is 2.63. The summed E-state index contributed by atoms with van der Waals surface area (Å²) in [5.41, 5.74) is 0. The van der Waals surface area contributed by atoms with Gasteiger partial charge in [-0.1, -0.05) is 34.1 Å². The van der Waals surface area contributed by atoms with Gasteiger partial charge in [-0.15, -0.1) is 0 Å². The molecule has 1 atom stereocenters. The summed E-state index contributed by atoms with van der Waals surface area (Å²) in [7, 11) is 0. The highest BCUT2D eigenvalue weighted by Gasteiger charge is 2.01. The molecule has 62 valence electrons. The smallest absolute Gasteiger partial charge is 0.132 e. The van der Waals surface area contributed by atoms with Crippen molar-refractivity contribution in [1.29, 1.82) is 0 Å². The molecule has 0 rings (SSSR count). The molecule has 1 unspecified atom stereocenters. The fourth-order valence-electron chi connectivity index (χ4n) is 0.287. The fourth-order valence-corrected chi connectivity index (χ4v) is 0.287. The molecule has 0 fully saturated rings. The highest BCUT2D eigenvalue weighted by Crippen LogP contribution is 1.99. The van der Waals surface area contributed by atoms with Gasteiger partial charge in [0.05, 0.1) is 0 Å².